The van der Waals surface area contributed by atoms with Gasteiger partial charge in [-0.3, -0.25) is 0 Å². The summed E-state index contributed by atoms with van der Waals surface area (Å²) < 4.78 is 18.8. The van der Waals surface area contributed by atoms with Crippen molar-refractivity contribution in [2.45, 2.75) is 141 Å². The lowest BCUT2D eigenvalue weighted by atomic mass is 9.93. The van der Waals surface area contributed by atoms with Gasteiger partial charge in [-0.15, -0.1) is 0 Å². The molecule has 3 heteroatoms. The van der Waals surface area contributed by atoms with Gasteiger partial charge in [0, 0.05) is 0 Å². The zero-order chi connectivity index (χ0) is 27.1. The van der Waals surface area contributed by atoms with E-state index >= 15 is 0 Å². The average Bonchev–Trinajstić information content (AvgIpc) is 3.88. The van der Waals surface area contributed by atoms with Crippen LogP contribution in [0.4, 0.5) is 0 Å². The predicted octanol–water partition coefficient (Wildman–Crippen LogP) is 9.87. The molecule has 2 aliphatic heterocycles. The number of unbranched alkanes of at least 4 members (excludes halogenated alkanes) is 12. The van der Waals surface area contributed by atoms with Crippen molar-refractivity contribution in [2.24, 2.45) is 0 Å². The Bertz CT molecular complexity index is 857. The van der Waals surface area contributed by atoms with Crippen molar-refractivity contribution in [1.29, 1.82) is 0 Å². The fourth-order valence-corrected chi connectivity index (χ4v) is 5.97. The minimum absolute atomic E-state index is 0.0356. The highest BCUT2D eigenvalue weighted by Crippen LogP contribution is 2.42. The molecule has 0 aliphatic carbocycles. The molecule has 2 aromatic carbocycles. The highest BCUT2D eigenvalue weighted by atomic mass is 16.6. The van der Waals surface area contributed by atoms with E-state index in [2.05, 4.69) is 62.4 Å². The molecule has 39 heavy (non-hydrogen) atoms. The van der Waals surface area contributed by atoms with Crippen LogP contribution in [0, 0.1) is 0 Å². The van der Waals surface area contributed by atoms with Crippen molar-refractivity contribution < 1.29 is 14.2 Å². The number of epoxide rings is 2. The lowest BCUT2D eigenvalue weighted by Crippen LogP contribution is -2.21. The third kappa shape index (κ3) is 10.3. The first-order valence-corrected chi connectivity index (χ1v) is 16.4. The molecule has 0 amide bonds. The second-order valence-corrected chi connectivity index (χ2v) is 11.9. The van der Waals surface area contributed by atoms with Crippen LogP contribution in [-0.4, -0.2) is 25.4 Å². The van der Waals surface area contributed by atoms with Crippen LogP contribution in [0.2, 0.25) is 0 Å². The molecule has 0 aromatic heterocycles. The molecule has 2 aromatic rings. The van der Waals surface area contributed by atoms with Gasteiger partial charge in [-0.25, -0.2) is 0 Å². The maximum absolute atomic E-state index is 7.05. The molecule has 2 heterocycles. The minimum atomic E-state index is -0.0356. The number of ether oxygens (including phenoxy) is 3. The summed E-state index contributed by atoms with van der Waals surface area (Å²) in [7, 11) is 0. The molecule has 0 spiro atoms. The molecule has 2 fully saturated rings. The Labute approximate surface area is 239 Å². The van der Waals surface area contributed by atoms with Gasteiger partial charge in [-0.2, -0.15) is 0 Å². The van der Waals surface area contributed by atoms with Gasteiger partial charge in [-0.05, 0) is 47.9 Å². The van der Waals surface area contributed by atoms with E-state index in [1.165, 1.54) is 112 Å². The van der Waals surface area contributed by atoms with Crippen molar-refractivity contribution in [1.82, 2.24) is 0 Å². The summed E-state index contributed by atoms with van der Waals surface area (Å²) in [6, 6.07) is 17.9. The maximum Gasteiger partial charge on any atom is 0.112 e. The van der Waals surface area contributed by atoms with E-state index < -0.39 is 0 Å². The SMILES string of the molecule is CCCCCCCCCc1ccccc1C(OC(c1ccccc1CCCCCCCCC)C1CO1)C1CO1. The summed E-state index contributed by atoms with van der Waals surface area (Å²) in [5.74, 6) is 0. The summed E-state index contributed by atoms with van der Waals surface area (Å²) in [6.07, 6.45) is 21.2. The Hall–Kier alpha value is -1.68. The number of hydrogen-bond donors (Lipinski definition) is 0. The quantitative estimate of drug-likeness (QED) is 0.111. The third-order valence-corrected chi connectivity index (χ3v) is 8.51. The molecule has 0 radical (unpaired) electrons. The second kappa shape index (κ2) is 17.2. The number of hydrogen-bond acceptors (Lipinski definition) is 3. The standard InChI is InChI=1S/C36H54O3/c1-3-5-7-9-11-13-15-21-29-23-17-19-25-31(29)35(33-27-37-33)39-36(34-28-38-34)32-26-20-18-24-30(32)22-16-14-12-10-8-6-4-2/h17-20,23-26,33-36H,3-16,21-22,27-28H2,1-2H3. The molecule has 0 saturated carbocycles. The molecule has 2 saturated heterocycles. The van der Waals surface area contributed by atoms with E-state index in [0.29, 0.717) is 0 Å². The normalized spacial score (nSPS) is 19.6. The van der Waals surface area contributed by atoms with Crippen LogP contribution < -0.4 is 0 Å². The van der Waals surface area contributed by atoms with Crippen molar-refractivity contribution in [3.05, 3.63) is 70.8 Å². The van der Waals surface area contributed by atoms with Gasteiger partial charge < -0.3 is 14.2 Å². The first kappa shape index (κ1) is 30.3. The van der Waals surface area contributed by atoms with Crippen LogP contribution in [0.25, 0.3) is 0 Å². The second-order valence-electron chi connectivity index (χ2n) is 11.9. The fraction of sp³-hybridized carbons (Fsp3) is 0.667. The van der Waals surface area contributed by atoms with Crippen LogP contribution in [0.1, 0.15) is 138 Å². The van der Waals surface area contributed by atoms with E-state index in [4.69, 9.17) is 14.2 Å². The van der Waals surface area contributed by atoms with E-state index in [-0.39, 0.29) is 24.4 Å². The molecule has 3 nitrogen and oxygen atoms in total. The van der Waals surface area contributed by atoms with Gasteiger partial charge >= 0.3 is 0 Å². The predicted molar refractivity (Wildman–Crippen MR) is 162 cm³/mol. The van der Waals surface area contributed by atoms with Gasteiger partial charge in [0.05, 0.1) is 13.2 Å². The molecular weight excluding hydrogens is 480 g/mol. The Balaban J connectivity index is 1.38. The Morgan fingerprint density at radius 3 is 1.31 bits per heavy atom. The molecule has 216 valence electrons. The smallest absolute Gasteiger partial charge is 0.112 e. The van der Waals surface area contributed by atoms with Gasteiger partial charge in [0.2, 0.25) is 0 Å². The highest BCUT2D eigenvalue weighted by molar-refractivity contribution is 5.33. The molecule has 2 aliphatic rings. The summed E-state index contributed by atoms with van der Waals surface area (Å²) in [4.78, 5) is 0. The summed E-state index contributed by atoms with van der Waals surface area (Å²) in [5.41, 5.74) is 5.50. The maximum atomic E-state index is 7.05. The van der Waals surface area contributed by atoms with E-state index in [0.717, 1.165) is 26.1 Å². The Morgan fingerprint density at radius 1 is 0.564 bits per heavy atom. The summed E-state index contributed by atoms with van der Waals surface area (Å²) in [5, 5.41) is 0. The average molecular weight is 535 g/mol. The molecule has 4 atom stereocenters. The number of benzene rings is 2. The number of aryl methyl sites for hydroxylation is 2. The zero-order valence-corrected chi connectivity index (χ0v) is 24.9. The van der Waals surface area contributed by atoms with E-state index in [1.807, 2.05) is 0 Å². The summed E-state index contributed by atoms with van der Waals surface area (Å²) >= 11 is 0. The van der Waals surface area contributed by atoms with Crippen LogP contribution in [0.3, 0.4) is 0 Å². The van der Waals surface area contributed by atoms with Crippen molar-refractivity contribution in [2.75, 3.05) is 13.2 Å². The van der Waals surface area contributed by atoms with Gasteiger partial charge in [0.1, 0.15) is 24.4 Å². The monoisotopic (exact) mass is 534 g/mol. The van der Waals surface area contributed by atoms with Crippen LogP contribution >= 0.6 is 0 Å². The lowest BCUT2D eigenvalue weighted by molar-refractivity contribution is -0.0426. The van der Waals surface area contributed by atoms with Crippen molar-refractivity contribution in [3.8, 4) is 0 Å². The largest absolute Gasteiger partial charge is 0.370 e. The van der Waals surface area contributed by atoms with Crippen molar-refractivity contribution in [3.63, 3.8) is 0 Å². The molecular formula is C36H54O3. The van der Waals surface area contributed by atoms with Crippen LogP contribution in [0.5, 0.6) is 0 Å². The Kier molecular flexibility index (Phi) is 13.4. The van der Waals surface area contributed by atoms with Gasteiger partial charge in [-0.1, -0.05) is 139 Å². The molecule has 0 N–H and O–H groups in total. The van der Waals surface area contributed by atoms with E-state index in [1.54, 1.807) is 0 Å². The number of rotatable bonds is 22. The third-order valence-electron chi connectivity index (χ3n) is 8.51. The highest BCUT2D eigenvalue weighted by Gasteiger charge is 2.43. The van der Waals surface area contributed by atoms with Gasteiger partial charge in [0.15, 0.2) is 0 Å². The zero-order valence-electron chi connectivity index (χ0n) is 24.9. The molecule has 0 bridgehead atoms. The van der Waals surface area contributed by atoms with Crippen LogP contribution in [0.15, 0.2) is 48.5 Å². The van der Waals surface area contributed by atoms with E-state index in [9.17, 15) is 0 Å². The summed E-state index contributed by atoms with van der Waals surface area (Å²) in [6.45, 7) is 6.14. The van der Waals surface area contributed by atoms with Gasteiger partial charge in [0.25, 0.3) is 0 Å². The minimum Gasteiger partial charge on any atom is -0.370 e. The first-order chi connectivity index (χ1) is 19.3. The van der Waals surface area contributed by atoms with Crippen molar-refractivity contribution >= 4 is 0 Å². The first-order valence-electron chi connectivity index (χ1n) is 16.4. The Morgan fingerprint density at radius 2 is 0.923 bits per heavy atom. The molecule has 4 rings (SSSR count). The lowest BCUT2D eigenvalue weighted by Gasteiger charge is -2.27. The van der Waals surface area contributed by atoms with Crippen LogP contribution in [-0.2, 0) is 27.1 Å². The topological polar surface area (TPSA) is 34.3 Å². The molecule has 4 unspecified atom stereocenters. The fourth-order valence-electron chi connectivity index (χ4n) is 5.97.